The number of alkyl halides is 3. The molecule has 194 valence electrons. The predicted molar refractivity (Wildman–Crippen MR) is 126 cm³/mol. The fraction of sp³-hybridized carbons (Fsp3) is 0.577. The Hall–Kier alpha value is -2.88. The lowest BCUT2D eigenvalue weighted by atomic mass is 9.97. The van der Waals surface area contributed by atoms with Crippen LogP contribution in [-0.4, -0.2) is 62.2 Å². The quantitative estimate of drug-likeness (QED) is 0.608. The number of likely N-dealkylation sites (tertiary alicyclic amines) is 2. The highest BCUT2D eigenvalue weighted by molar-refractivity contribution is 5.96. The third-order valence-electron chi connectivity index (χ3n) is 7.92. The van der Waals surface area contributed by atoms with Crippen LogP contribution in [0.4, 0.5) is 13.2 Å². The molecule has 3 fully saturated rings. The first-order valence-electron chi connectivity index (χ1n) is 12.7. The molecule has 1 aliphatic carbocycles. The number of rotatable bonds is 6. The molecule has 0 radical (unpaired) electrons. The number of halogens is 3. The number of aliphatic carboxylic acids is 1. The zero-order valence-electron chi connectivity index (χ0n) is 20.2. The zero-order valence-corrected chi connectivity index (χ0v) is 20.2. The number of amides is 1. The summed E-state index contributed by atoms with van der Waals surface area (Å²) < 4.78 is 43.1. The number of hydrogen-bond donors (Lipinski definition) is 1. The number of carboxylic acid groups (broad SMARTS) is 1. The number of carbonyl (C=O) groups is 2. The highest BCUT2D eigenvalue weighted by Gasteiger charge is 2.42. The minimum Gasteiger partial charge on any atom is -0.480 e. The number of benzene rings is 1. The van der Waals surface area contributed by atoms with Crippen molar-refractivity contribution in [3.8, 4) is 0 Å². The van der Waals surface area contributed by atoms with E-state index < -0.39 is 29.8 Å². The fourth-order valence-electron chi connectivity index (χ4n) is 5.80. The third-order valence-corrected chi connectivity index (χ3v) is 7.92. The highest BCUT2D eigenvalue weighted by atomic mass is 19.4. The Morgan fingerprint density at radius 2 is 1.75 bits per heavy atom. The van der Waals surface area contributed by atoms with Crippen molar-refractivity contribution < 1.29 is 27.9 Å². The van der Waals surface area contributed by atoms with Gasteiger partial charge in [0.25, 0.3) is 5.91 Å². The minimum absolute atomic E-state index is 0.0692. The van der Waals surface area contributed by atoms with Crippen molar-refractivity contribution in [1.29, 1.82) is 0 Å². The maximum atomic E-state index is 13.8. The van der Waals surface area contributed by atoms with Crippen LogP contribution < -0.4 is 0 Å². The lowest BCUT2D eigenvalue weighted by Gasteiger charge is -2.35. The van der Waals surface area contributed by atoms with Gasteiger partial charge in [0.1, 0.15) is 6.04 Å². The van der Waals surface area contributed by atoms with E-state index >= 15 is 0 Å². The zero-order chi connectivity index (χ0) is 25.6. The van der Waals surface area contributed by atoms with E-state index in [1.54, 1.807) is 24.1 Å². The molecule has 10 heteroatoms. The Labute approximate surface area is 207 Å². The Balaban J connectivity index is 1.40. The van der Waals surface area contributed by atoms with Crippen LogP contribution in [0.25, 0.3) is 0 Å². The van der Waals surface area contributed by atoms with E-state index in [2.05, 4.69) is 5.10 Å². The maximum Gasteiger partial charge on any atom is 0.416 e. The third kappa shape index (κ3) is 4.63. The van der Waals surface area contributed by atoms with E-state index in [0.29, 0.717) is 38.0 Å². The summed E-state index contributed by atoms with van der Waals surface area (Å²) >= 11 is 0. The first-order valence-corrected chi connectivity index (χ1v) is 12.7. The van der Waals surface area contributed by atoms with E-state index in [0.717, 1.165) is 37.4 Å². The second kappa shape index (κ2) is 9.53. The molecule has 2 aliphatic heterocycles. The molecular formula is C26H31F3N4O3. The van der Waals surface area contributed by atoms with Crippen LogP contribution in [0.2, 0.25) is 0 Å². The molecule has 1 aromatic heterocycles. The molecule has 1 N–H and O–H groups in total. The van der Waals surface area contributed by atoms with Crippen molar-refractivity contribution >= 4 is 11.9 Å². The van der Waals surface area contributed by atoms with E-state index in [1.807, 2.05) is 9.58 Å². The van der Waals surface area contributed by atoms with Crippen LogP contribution in [0.3, 0.4) is 0 Å². The van der Waals surface area contributed by atoms with Gasteiger partial charge in [-0.15, -0.1) is 0 Å². The van der Waals surface area contributed by atoms with E-state index in [4.69, 9.17) is 0 Å². The van der Waals surface area contributed by atoms with Crippen LogP contribution in [0.1, 0.15) is 90.6 Å². The lowest BCUT2D eigenvalue weighted by molar-refractivity contribution is -0.143. The first-order chi connectivity index (χ1) is 17.2. The summed E-state index contributed by atoms with van der Waals surface area (Å²) in [5.41, 5.74) is 0.848. The van der Waals surface area contributed by atoms with Crippen LogP contribution in [0.15, 0.2) is 30.5 Å². The SMILES string of the molecule is CC(C(=O)O)N1CCC(n2ncc(C(=O)N3CCCC3c3ccccc3C(F)(F)F)c2C2CC2)CC1. The lowest BCUT2D eigenvalue weighted by Crippen LogP contribution is -2.44. The average molecular weight is 505 g/mol. The molecule has 0 spiro atoms. The molecule has 2 saturated heterocycles. The molecule has 1 amide bonds. The Kier molecular flexibility index (Phi) is 6.57. The maximum absolute atomic E-state index is 13.8. The Bertz CT molecular complexity index is 1140. The van der Waals surface area contributed by atoms with Gasteiger partial charge in [0, 0.05) is 25.6 Å². The number of hydrogen-bond acceptors (Lipinski definition) is 4. The van der Waals surface area contributed by atoms with Gasteiger partial charge in [-0.3, -0.25) is 19.2 Å². The van der Waals surface area contributed by atoms with Gasteiger partial charge >= 0.3 is 12.1 Å². The first kappa shape index (κ1) is 24.8. The summed E-state index contributed by atoms with van der Waals surface area (Å²) in [5, 5.41) is 13.9. The van der Waals surface area contributed by atoms with E-state index in [1.165, 1.54) is 12.1 Å². The molecular weight excluding hydrogens is 473 g/mol. The molecule has 2 atom stereocenters. The molecule has 0 bridgehead atoms. The standard InChI is InChI=1S/C26H31F3N4O3/c1-16(25(35)36)31-13-10-18(11-14-31)33-23(17-8-9-17)20(15-30-33)24(34)32-12-4-7-22(32)19-5-2-3-6-21(19)26(27,28)29/h2-3,5-6,15-18,22H,4,7-14H2,1H3,(H,35,36). The average Bonchev–Trinajstić information content (AvgIpc) is 3.40. The van der Waals surface area contributed by atoms with Gasteiger partial charge in [0.05, 0.1) is 35.1 Å². The molecule has 5 rings (SSSR count). The molecule has 3 aliphatic rings. The predicted octanol–water partition coefficient (Wildman–Crippen LogP) is 4.87. The van der Waals surface area contributed by atoms with Crippen molar-refractivity contribution in [2.24, 2.45) is 0 Å². The summed E-state index contributed by atoms with van der Waals surface area (Å²) in [6.07, 6.45) is 1.64. The highest BCUT2D eigenvalue weighted by Crippen LogP contribution is 2.45. The van der Waals surface area contributed by atoms with Crippen LogP contribution in [0.5, 0.6) is 0 Å². The smallest absolute Gasteiger partial charge is 0.416 e. The van der Waals surface area contributed by atoms with Crippen molar-refractivity contribution in [3.05, 3.63) is 52.8 Å². The fourth-order valence-corrected chi connectivity index (χ4v) is 5.80. The molecule has 1 aromatic carbocycles. The minimum atomic E-state index is -4.48. The monoisotopic (exact) mass is 504 g/mol. The van der Waals surface area contributed by atoms with Crippen LogP contribution in [0, 0.1) is 0 Å². The normalized spacial score (nSPS) is 22.7. The van der Waals surface area contributed by atoms with Gasteiger partial charge in [-0.25, -0.2) is 0 Å². The summed E-state index contributed by atoms with van der Waals surface area (Å²) in [4.78, 5) is 28.7. The van der Waals surface area contributed by atoms with Gasteiger partial charge in [0.15, 0.2) is 0 Å². The molecule has 2 aromatic rings. The number of carboxylic acids is 1. The van der Waals surface area contributed by atoms with Gasteiger partial charge in [-0.1, -0.05) is 18.2 Å². The van der Waals surface area contributed by atoms with Crippen LogP contribution >= 0.6 is 0 Å². The van der Waals surface area contributed by atoms with Crippen molar-refractivity contribution in [2.45, 2.75) is 75.7 Å². The molecule has 36 heavy (non-hydrogen) atoms. The number of piperidine rings is 1. The Morgan fingerprint density at radius 1 is 1.06 bits per heavy atom. The van der Waals surface area contributed by atoms with Crippen LogP contribution in [-0.2, 0) is 11.0 Å². The summed E-state index contributed by atoms with van der Waals surface area (Å²) in [6.45, 7) is 3.37. The topological polar surface area (TPSA) is 78.7 Å². The van der Waals surface area contributed by atoms with Gasteiger partial charge < -0.3 is 10.0 Å². The molecule has 7 nitrogen and oxygen atoms in total. The van der Waals surface area contributed by atoms with E-state index in [-0.39, 0.29) is 23.4 Å². The number of carbonyl (C=O) groups excluding carboxylic acids is 1. The largest absolute Gasteiger partial charge is 0.480 e. The second-order valence-corrected chi connectivity index (χ2v) is 10.2. The molecule has 1 saturated carbocycles. The van der Waals surface area contributed by atoms with Crippen molar-refractivity contribution in [2.75, 3.05) is 19.6 Å². The molecule has 2 unspecified atom stereocenters. The van der Waals surface area contributed by atoms with Gasteiger partial charge in [-0.2, -0.15) is 18.3 Å². The number of nitrogens with zero attached hydrogens (tertiary/aromatic N) is 4. The van der Waals surface area contributed by atoms with Crippen molar-refractivity contribution in [1.82, 2.24) is 19.6 Å². The van der Waals surface area contributed by atoms with Crippen molar-refractivity contribution in [3.63, 3.8) is 0 Å². The summed E-state index contributed by atoms with van der Waals surface area (Å²) in [7, 11) is 0. The van der Waals surface area contributed by atoms with Gasteiger partial charge in [-0.05, 0) is 57.1 Å². The summed E-state index contributed by atoms with van der Waals surface area (Å²) in [5.74, 6) is -0.864. The van der Waals surface area contributed by atoms with E-state index in [9.17, 15) is 27.9 Å². The van der Waals surface area contributed by atoms with Gasteiger partial charge in [0.2, 0.25) is 0 Å². The Morgan fingerprint density at radius 3 is 2.39 bits per heavy atom. The number of aromatic nitrogens is 2. The summed E-state index contributed by atoms with van der Waals surface area (Å²) in [6, 6.07) is 4.45. The second-order valence-electron chi connectivity index (χ2n) is 10.2. The molecule has 3 heterocycles.